The third kappa shape index (κ3) is 1.52. The summed E-state index contributed by atoms with van der Waals surface area (Å²) in [6.45, 7) is 2.18. The fourth-order valence-corrected chi connectivity index (χ4v) is 5.17. The topological polar surface area (TPSA) is 17.1 Å². The van der Waals surface area contributed by atoms with E-state index in [1.807, 2.05) is 0 Å². The van der Waals surface area contributed by atoms with Crippen LogP contribution in [0.5, 0.6) is 0 Å². The first-order valence-electron chi connectivity index (χ1n) is 8.38. The van der Waals surface area contributed by atoms with Crippen molar-refractivity contribution in [2.24, 2.45) is 17.3 Å². The number of hydrogen-bond acceptors (Lipinski definition) is 1. The summed E-state index contributed by atoms with van der Waals surface area (Å²) in [7, 11) is 0. The van der Waals surface area contributed by atoms with Crippen molar-refractivity contribution in [2.45, 2.75) is 32.6 Å². The number of allylic oxidation sites excluding steroid dienone is 2. The zero-order valence-corrected chi connectivity index (χ0v) is 12.9. The maximum Gasteiger partial charge on any atom is 0.144 e. The number of aryl methyl sites for hydroxylation is 1. The minimum Gasteiger partial charge on any atom is -0.299 e. The van der Waals surface area contributed by atoms with E-state index in [-0.39, 0.29) is 5.41 Å². The number of carbonyl (C=O) groups excluding carboxylic acids is 1. The van der Waals surface area contributed by atoms with Crippen molar-refractivity contribution in [3.8, 4) is 0 Å². The van der Waals surface area contributed by atoms with Crippen LogP contribution in [0.1, 0.15) is 29.5 Å². The molecular formula is C21H20O. The largest absolute Gasteiger partial charge is 0.299 e. The molecule has 0 saturated heterocycles. The van der Waals surface area contributed by atoms with Crippen LogP contribution in [-0.2, 0) is 17.6 Å². The van der Waals surface area contributed by atoms with Crippen LogP contribution in [0.4, 0.5) is 0 Å². The van der Waals surface area contributed by atoms with Crippen LogP contribution in [0.15, 0.2) is 42.5 Å². The first kappa shape index (κ1) is 12.6. The number of benzene rings is 2. The molecular weight excluding hydrogens is 268 g/mol. The number of Topliss-reactive ketones (excluding diaryl/α,β-unsaturated/α-hetero) is 1. The van der Waals surface area contributed by atoms with Crippen LogP contribution in [0, 0.1) is 24.2 Å². The minimum atomic E-state index is -0.0806. The van der Waals surface area contributed by atoms with Gasteiger partial charge in [-0.05, 0) is 65.5 Å². The van der Waals surface area contributed by atoms with E-state index in [4.69, 9.17) is 0 Å². The van der Waals surface area contributed by atoms with Gasteiger partial charge in [0.2, 0.25) is 0 Å². The zero-order valence-electron chi connectivity index (χ0n) is 12.9. The summed E-state index contributed by atoms with van der Waals surface area (Å²) in [6, 6.07) is 11.1. The van der Waals surface area contributed by atoms with Crippen molar-refractivity contribution in [2.75, 3.05) is 0 Å². The van der Waals surface area contributed by atoms with E-state index < -0.39 is 0 Å². The van der Waals surface area contributed by atoms with Crippen molar-refractivity contribution < 1.29 is 4.79 Å². The summed E-state index contributed by atoms with van der Waals surface area (Å²) in [5, 5.41) is 2.62. The third-order valence-corrected chi connectivity index (χ3v) is 6.34. The first-order chi connectivity index (χ1) is 10.7. The summed E-state index contributed by atoms with van der Waals surface area (Å²) in [4.78, 5) is 12.9. The SMILES string of the molecule is Cc1cccc2cc3c(cc12)CC1(CC2C=CC1C2)C(=O)C3. The second-order valence-electron chi connectivity index (χ2n) is 7.54. The summed E-state index contributed by atoms with van der Waals surface area (Å²) < 4.78 is 0. The minimum absolute atomic E-state index is 0.0806. The van der Waals surface area contributed by atoms with Crippen molar-refractivity contribution in [1.29, 1.82) is 0 Å². The molecule has 0 aliphatic heterocycles. The van der Waals surface area contributed by atoms with Gasteiger partial charge in [-0.2, -0.15) is 0 Å². The Morgan fingerprint density at radius 3 is 2.82 bits per heavy atom. The molecule has 110 valence electrons. The van der Waals surface area contributed by atoms with Crippen molar-refractivity contribution in [3.05, 3.63) is 59.2 Å². The average Bonchev–Trinajstić information content (AvgIpc) is 3.09. The van der Waals surface area contributed by atoms with E-state index in [0.29, 0.717) is 24.0 Å². The normalized spacial score (nSPS) is 32.1. The quantitative estimate of drug-likeness (QED) is 0.657. The lowest BCUT2D eigenvalue weighted by Crippen LogP contribution is -2.41. The highest BCUT2D eigenvalue weighted by atomic mass is 16.1. The van der Waals surface area contributed by atoms with E-state index in [1.54, 1.807) is 0 Å². The van der Waals surface area contributed by atoms with Gasteiger partial charge in [0.05, 0.1) is 0 Å². The molecule has 0 aromatic heterocycles. The van der Waals surface area contributed by atoms with Gasteiger partial charge in [-0.1, -0.05) is 42.5 Å². The predicted octanol–water partition coefficient (Wildman–Crippen LogP) is 4.40. The molecule has 3 unspecified atom stereocenters. The summed E-state index contributed by atoms with van der Waals surface area (Å²) in [5.74, 6) is 1.63. The molecule has 1 heteroatoms. The van der Waals surface area contributed by atoms with E-state index in [1.165, 1.54) is 33.9 Å². The Kier molecular flexibility index (Phi) is 2.35. The van der Waals surface area contributed by atoms with E-state index in [9.17, 15) is 4.79 Å². The van der Waals surface area contributed by atoms with Gasteiger partial charge in [0.1, 0.15) is 5.78 Å². The molecule has 2 bridgehead atoms. The lowest BCUT2D eigenvalue weighted by molar-refractivity contribution is -0.130. The van der Waals surface area contributed by atoms with Crippen LogP contribution >= 0.6 is 0 Å². The summed E-state index contributed by atoms with van der Waals surface area (Å²) in [6.07, 6.45) is 8.53. The third-order valence-electron chi connectivity index (χ3n) is 6.34. The number of rotatable bonds is 0. The Morgan fingerprint density at radius 2 is 2.05 bits per heavy atom. The maximum absolute atomic E-state index is 12.9. The number of fused-ring (bicyclic) bond motifs is 5. The Balaban J connectivity index is 1.67. The van der Waals surface area contributed by atoms with E-state index >= 15 is 0 Å². The molecule has 1 fully saturated rings. The average molecular weight is 288 g/mol. The van der Waals surface area contributed by atoms with E-state index in [2.05, 4.69) is 49.4 Å². The molecule has 0 N–H and O–H groups in total. The molecule has 3 atom stereocenters. The lowest BCUT2D eigenvalue weighted by Gasteiger charge is -2.38. The smallest absolute Gasteiger partial charge is 0.144 e. The summed E-state index contributed by atoms with van der Waals surface area (Å²) >= 11 is 0. The Hall–Kier alpha value is -1.89. The van der Waals surface area contributed by atoms with Crippen LogP contribution in [-0.4, -0.2) is 5.78 Å². The number of ketones is 1. The molecule has 1 nitrogen and oxygen atoms in total. The van der Waals surface area contributed by atoms with Gasteiger partial charge in [0.25, 0.3) is 0 Å². The molecule has 22 heavy (non-hydrogen) atoms. The Bertz CT molecular complexity index is 844. The Morgan fingerprint density at radius 1 is 1.14 bits per heavy atom. The van der Waals surface area contributed by atoms with Crippen LogP contribution in [0.25, 0.3) is 10.8 Å². The fraction of sp³-hybridized carbons (Fsp3) is 0.381. The zero-order chi connectivity index (χ0) is 14.9. The second kappa shape index (κ2) is 4.10. The number of hydrogen-bond donors (Lipinski definition) is 0. The standard InChI is InChI=1S/C21H20O/c1-13-3-2-4-15-8-16-10-20(22)21(12-17(16)9-19(13)15)11-14-5-6-18(21)7-14/h2-6,8-9,14,18H,7,10-12H2,1H3. The van der Waals surface area contributed by atoms with Crippen LogP contribution < -0.4 is 0 Å². The van der Waals surface area contributed by atoms with Gasteiger partial charge in [-0.15, -0.1) is 0 Å². The summed E-state index contributed by atoms with van der Waals surface area (Å²) in [5.41, 5.74) is 3.94. The predicted molar refractivity (Wildman–Crippen MR) is 88.9 cm³/mol. The molecule has 1 saturated carbocycles. The van der Waals surface area contributed by atoms with Gasteiger partial charge < -0.3 is 0 Å². The number of carbonyl (C=O) groups is 1. The highest BCUT2D eigenvalue weighted by molar-refractivity contribution is 5.94. The van der Waals surface area contributed by atoms with Crippen molar-refractivity contribution in [1.82, 2.24) is 0 Å². The highest BCUT2D eigenvalue weighted by Crippen LogP contribution is 2.56. The molecule has 0 radical (unpaired) electrons. The van der Waals surface area contributed by atoms with Gasteiger partial charge >= 0.3 is 0 Å². The molecule has 0 amide bonds. The van der Waals surface area contributed by atoms with E-state index in [0.717, 1.165) is 12.8 Å². The van der Waals surface area contributed by atoms with Crippen molar-refractivity contribution >= 4 is 16.6 Å². The Labute approximate surface area is 131 Å². The van der Waals surface area contributed by atoms with Crippen LogP contribution in [0.3, 0.4) is 0 Å². The van der Waals surface area contributed by atoms with Gasteiger partial charge in [0.15, 0.2) is 0 Å². The molecule has 1 spiro atoms. The molecule has 2 aromatic carbocycles. The van der Waals surface area contributed by atoms with Gasteiger partial charge in [0, 0.05) is 11.8 Å². The first-order valence-corrected chi connectivity index (χ1v) is 8.38. The second-order valence-corrected chi connectivity index (χ2v) is 7.54. The lowest BCUT2D eigenvalue weighted by atomic mass is 9.63. The molecule has 3 aliphatic carbocycles. The highest BCUT2D eigenvalue weighted by Gasteiger charge is 2.54. The molecule has 5 rings (SSSR count). The monoisotopic (exact) mass is 288 g/mol. The molecule has 2 aromatic rings. The van der Waals surface area contributed by atoms with Gasteiger partial charge in [-0.25, -0.2) is 0 Å². The van der Waals surface area contributed by atoms with Gasteiger partial charge in [-0.3, -0.25) is 4.79 Å². The maximum atomic E-state index is 12.9. The molecule has 3 aliphatic rings. The van der Waals surface area contributed by atoms with Crippen LogP contribution in [0.2, 0.25) is 0 Å². The fourth-order valence-electron chi connectivity index (χ4n) is 5.17. The molecule has 0 heterocycles. The van der Waals surface area contributed by atoms with Crippen molar-refractivity contribution in [3.63, 3.8) is 0 Å².